The molecule has 6 nitrogen and oxygen atoms in total. The first-order valence-corrected chi connectivity index (χ1v) is 10.1. The molecule has 0 saturated carbocycles. The average Bonchev–Trinajstić information content (AvgIpc) is 2.74. The molecule has 0 spiro atoms. The molecule has 1 atom stereocenters. The molecular formula is C21H18ClNO5S. The van der Waals surface area contributed by atoms with Crippen LogP contribution in [0.1, 0.15) is 29.4 Å². The maximum Gasteiger partial charge on any atom is 0.306 e. The van der Waals surface area contributed by atoms with E-state index in [-0.39, 0.29) is 12.2 Å². The van der Waals surface area contributed by atoms with E-state index in [1.165, 1.54) is 24.9 Å². The van der Waals surface area contributed by atoms with Crippen LogP contribution in [0.5, 0.6) is 5.75 Å². The second-order valence-electron chi connectivity index (χ2n) is 6.13. The molecule has 0 aliphatic rings. The summed E-state index contributed by atoms with van der Waals surface area (Å²) in [6.07, 6.45) is 3.03. The van der Waals surface area contributed by atoms with E-state index in [1.807, 2.05) is 18.2 Å². The van der Waals surface area contributed by atoms with Crippen molar-refractivity contribution in [3.8, 4) is 5.75 Å². The molecule has 3 rings (SSSR count). The van der Waals surface area contributed by atoms with Crippen LogP contribution < -0.4 is 5.43 Å². The van der Waals surface area contributed by atoms with Gasteiger partial charge in [-0.3, -0.25) is 14.6 Å². The summed E-state index contributed by atoms with van der Waals surface area (Å²) in [5, 5.41) is 11.0. The van der Waals surface area contributed by atoms with Gasteiger partial charge in [-0.1, -0.05) is 29.8 Å². The van der Waals surface area contributed by atoms with Crippen LogP contribution >= 0.6 is 23.4 Å². The summed E-state index contributed by atoms with van der Waals surface area (Å²) in [6, 6.07) is 12.0. The molecule has 150 valence electrons. The van der Waals surface area contributed by atoms with Gasteiger partial charge in [0.2, 0.25) is 11.2 Å². The normalized spacial score (nSPS) is 11.8. The Morgan fingerprint density at radius 1 is 1.31 bits per heavy atom. The minimum absolute atomic E-state index is 0.00524. The molecule has 0 bridgehead atoms. The lowest BCUT2D eigenvalue weighted by Crippen LogP contribution is -2.14. The van der Waals surface area contributed by atoms with Gasteiger partial charge in [-0.2, -0.15) is 0 Å². The van der Waals surface area contributed by atoms with E-state index in [9.17, 15) is 14.7 Å². The Kier molecular flexibility index (Phi) is 6.95. The van der Waals surface area contributed by atoms with E-state index >= 15 is 0 Å². The summed E-state index contributed by atoms with van der Waals surface area (Å²) in [6.45, 7) is 0. The zero-order chi connectivity index (χ0) is 20.8. The molecule has 3 aromatic rings. The van der Waals surface area contributed by atoms with Crippen molar-refractivity contribution in [3.05, 3.63) is 87.2 Å². The number of aromatic hydroxyl groups is 1. The van der Waals surface area contributed by atoms with Gasteiger partial charge in [0.1, 0.15) is 5.76 Å². The highest BCUT2D eigenvalue weighted by atomic mass is 35.5. The molecule has 0 aliphatic heterocycles. The molecule has 2 heterocycles. The number of rotatable bonds is 7. The first-order chi connectivity index (χ1) is 14.0. The first kappa shape index (κ1) is 21.0. The zero-order valence-electron chi connectivity index (χ0n) is 15.5. The number of thioether (sulfide) groups is 1. The number of aromatic nitrogens is 1. The van der Waals surface area contributed by atoms with Gasteiger partial charge >= 0.3 is 5.97 Å². The van der Waals surface area contributed by atoms with Crippen molar-refractivity contribution < 1.29 is 19.1 Å². The maximum absolute atomic E-state index is 12.4. The molecule has 0 radical (unpaired) electrons. The lowest BCUT2D eigenvalue weighted by molar-refractivity contribution is -0.140. The zero-order valence-corrected chi connectivity index (χ0v) is 17.1. The van der Waals surface area contributed by atoms with E-state index in [4.69, 9.17) is 20.8 Å². The number of methoxy groups -OCH3 is 1. The van der Waals surface area contributed by atoms with Crippen molar-refractivity contribution in [1.82, 2.24) is 4.98 Å². The van der Waals surface area contributed by atoms with Gasteiger partial charge in [0, 0.05) is 23.4 Å². The first-order valence-electron chi connectivity index (χ1n) is 8.69. The fourth-order valence-electron chi connectivity index (χ4n) is 2.77. The van der Waals surface area contributed by atoms with Crippen LogP contribution in [0.25, 0.3) is 0 Å². The Morgan fingerprint density at radius 2 is 2.10 bits per heavy atom. The van der Waals surface area contributed by atoms with E-state index in [0.717, 1.165) is 4.90 Å². The third kappa shape index (κ3) is 5.19. The van der Waals surface area contributed by atoms with Crippen molar-refractivity contribution in [1.29, 1.82) is 0 Å². The van der Waals surface area contributed by atoms with E-state index in [1.54, 1.807) is 30.6 Å². The van der Waals surface area contributed by atoms with Crippen LogP contribution in [0.3, 0.4) is 0 Å². The van der Waals surface area contributed by atoms with Gasteiger partial charge in [0.25, 0.3) is 0 Å². The Balaban J connectivity index is 1.96. The number of carbonyl (C=O) groups excluding carboxylic acids is 1. The smallest absolute Gasteiger partial charge is 0.306 e. The molecule has 2 aromatic heterocycles. The predicted molar refractivity (Wildman–Crippen MR) is 110 cm³/mol. The fourth-order valence-corrected chi connectivity index (χ4v) is 3.89. The highest BCUT2D eigenvalue weighted by molar-refractivity contribution is 7.98. The van der Waals surface area contributed by atoms with Gasteiger partial charge in [0.05, 0.1) is 30.2 Å². The summed E-state index contributed by atoms with van der Waals surface area (Å²) in [7, 11) is 1.27. The van der Waals surface area contributed by atoms with Crippen LogP contribution in [0, 0.1) is 0 Å². The third-order valence-corrected chi connectivity index (χ3v) is 5.75. The summed E-state index contributed by atoms with van der Waals surface area (Å²) in [5.41, 5.74) is 0.0343. The Bertz CT molecular complexity index is 1050. The second kappa shape index (κ2) is 9.62. The quantitative estimate of drug-likeness (QED) is 0.438. The minimum Gasteiger partial charge on any atom is -0.502 e. The minimum atomic E-state index is -0.714. The summed E-state index contributed by atoms with van der Waals surface area (Å²) < 4.78 is 10.6. The number of esters is 1. The number of pyridine rings is 1. The van der Waals surface area contributed by atoms with Gasteiger partial charge in [-0.05, 0) is 23.8 Å². The second-order valence-corrected chi connectivity index (χ2v) is 7.55. The standard InChI is InChI=1S/C21H18ClNO5S/c1-27-19(25)10-15(13-5-4-8-23-11-13)21-20(26)17(24)9-14(28-21)12-29-18-7-3-2-6-16(18)22/h2-9,11,15,26H,10,12H2,1H3. The molecular weight excluding hydrogens is 414 g/mol. The number of halogens is 1. The SMILES string of the molecule is COC(=O)CC(c1cccnc1)c1oc(CSc2ccccc2Cl)cc(=O)c1O. The molecule has 29 heavy (non-hydrogen) atoms. The molecule has 0 fully saturated rings. The lowest BCUT2D eigenvalue weighted by Gasteiger charge is -2.17. The Hall–Kier alpha value is -2.77. The third-order valence-electron chi connectivity index (χ3n) is 4.21. The Morgan fingerprint density at radius 3 is 2.79 bits per heavy atom. The number of nitrogens with zero attached hydrogens (tertiary/aromatic N) is 1. The highest BCUT2D eigenvalue weighted by Gasteiger charge is 2.26. The number of carbonyl (C=O) groups is 1. The summed E-state index contributed by atoms with van der Waals surface area (Å²) in [5.74, 6) is -1.07. The van der Waals surface area contributed by atoms with Crippen molar-refractivity contribution in [3.63, 3.8) is 0 Å². The van der Waals surface area contributed by atoms with Crippen molar-refractivity contribution >= 4 is 29.3 Å². The molecule has 0 saturated heterocycles. The monoisotopic (exact) mass is 431 g/mol. The van der Waals surface area contributed by atoms with Gasteiger partial charge in [-0.25, -0.2) is 0 Å². The van der Waals surface area contributed by atoms with Crippen LogP contribution in [-0.2, 0) is 15.3 Å². The average molecular weight is 432 g/mol. The maximum atomic E-state index is 12.4. The fraction of sp³-hybridized carbons (Fsp3) is 0.190. The van der Waals surface area contributed by atoms with Crippen molar-refractivity contribution in [2.24, 2.45) is 0 Å². The Labute approximate surface area is 176 Å². The number of ether oxygens (including phenoxy) is 1. The van der Waals surface area contributed by atoms with Gasteiger partial charge < -0.3 is 14.3 Å². The van der Waals surface area contributed by atoms with Crippen LogP contribution in [0.4, 0.5) is 0 Å². The molecule has 8 heteroatoms. The molecule has 1 unspecified atom stereocenters. The van der Waals surface area contributed by atoms with Crippen LogP contribution in [0.2, 0.25) is 5.02 Å². The van der Waals surface area contributed by atoms with E-state index in [2.05, 4.69) is 4.98 Å². The largest absolute Gasteiger partial charge is 0.502 e. The molecule has 1 N–H and O–H groups in total. The summed E-state index contributed by atoms with van der Waals surface area (Å²) in [4.78, 5) is 29.2. The molecule has 1 aromatic carbocycles. The van der Waals surface area contributed by atoms with Crippen LogP contribution in [-0.4, -0.2) is 23.2 Å². The number of hydrogen-bond donors (Lipinski definition) is 1. The van der Waals surface area contributed by atoms with E-state index < -0.39 is 23.1 Å². The highest BCUT2D eigenvalue weighted by Crippen LogP contribution is 2.35. The van der Waals surface area contributed by atoms with Gasteiger partial charge in [0.15, 0.2) is 5.76 Å². The van der Waals surface area contributed by atoms with Crippen molar-refractivity contribution in [2.75, 3.05) is 7.11 Å². The molecule has 0 aliphatic carbocycles. The predicted octanol–water partition coefficient (Wildman–Crippen LogP) is 4.38. The number of benzene rings is 1. The summed E-state index contributed by atoms with van der Waals surface area (Å²) >= 11 is 7.57. The van der Waals surface area contributed by atoms with E-state index in [0.29, 0.717) is 22.1 Å². The topological polar surface area (TPSA) is 89.6 Å². The molecule has 0 amide bonds. The van der Waals surface area contributed by atoms with Gasteiger partial charge in [-0.15, -0.1) is 11.8 Å². The number of hydrogen-bond acceptors (Lipinski definition) is 7. The lowest BCUT2D eigenvalue weighted by atomic mass is 9.93. The van der Waals surface area contributed by atoms with Crippen LogP contribution in [0.15, 0.2) is 69.0 Å². The van der Waals surface area contributed by atoms with Crippen molar-refractivity contribution in [2.45, 2.75) is 23.0 Å².